The van der Waals surface area contributed by atoms with Crippen molar-refractivity contribution in [2.24, 2.45) is 5.92 Å². The molecule has 2 N–H and O–H groups in total. The van der Waals surface area contributed by atoms with Gasteiger partial charge in [0.15, 0.2) is 5.76 Å². The van der Waals surface area contributed by atoms with Crippen molar-refractivity contribution >= 4 is 17.5 Å². The molecule has 0 unspecified atom stereocenters. The Balaban J connectivity index is 2.05. The van der Waals surface area contributed by atoms with E-state index in [1.165, 1.54) is 6.26 Å². The number of carbonyl (C=O) groups is 2. The van der Waals surface area contributed by atoms with Gasteiger partial charge in [0, 0.05) is 6.20 Å². The summed E-state index contributed by atoms with van der Waals surface area (Å²) in [4.78, 5) is 28.2. The fourth-order valence-corrected chi connectivity index (χ4v) is 1.81. The lowest BCUT2D eigenvalue weighted by Crippen LogP contribution is -2.47. The number of hydrogen-bond acceptors (Lipinski definition) is 4. The zero-order chi connectivity index (χ0) is 15.2. The fraction of sp³-hybridized carbons (Fsp3) is 0.267. The highest BCUT2D eigenvalue weighted by Crippen LogP contribution is 2.09. The molecule has 0 spiro atoms. The van der Waals surface area contributed by atoms with Crippen molar-refractivity contribution in [1.29, 1.82) is 0 Å². The molecule has 2 heterocycles. The molecule has 0 aliphatic heterocycles. The van der Waals surface area contributed by atoms with Crippen molar-refractivity contribution in [3.05, 3.63) is 48.7 Å². The quantitative estimate of drug-likeness (QED) is 0.881. The lowest BCUT2D eigenvalue weighted by molar-refractivity contribution is -0.118. The van der Waals surface area contributed by atoms with Gasteiger partial charge in [-0.3, -0.25) is 14.6 Å². The predicted molar refractivity (Wildman–Crippen MR) is 77.7 cm³/mol. The summed E-state index contributed by atoms with van der Waals surface area (Å²) in [7, 11) is 0. The first-order valence-electron chi connectivity index (χ1n) is 6.63. The Bertz CT molecular complexity index is 594. The van der Waals surface area contributed by atoms with Gasteiger partial charge in [0.05, 0.1) is 18.1 Å². The van der Waals surface area contributed by atoms with Crippen LogP contribution in [-0.4, -0.2) is 22.8 Å². The molecule has 2 aromatic rings. The minimum Gasteiger partial charge on any atom is -0.459 e. The van der Waals surface area contributed by atoms with Gasteiger partial charge in [0.25, 0.3) is 5.91 Å². The van der Waals surface area contributed by atoms with E-state index < -0.39 is 11.9 Å². The largest absolute Gasteiger partial charge is 0.459 e. The first-order chi connectivity index (χ1) is 10.1. The van der Waals surface area contributed by atoms with E-state index in [1.54, 1.807) is 36.7 Å². The van der Waals surface area contributed by atoms with Gasteiger partial charge in [0.1, 0.15) is 6.04 Å². The Labute approximate surface area is 122 Å². The summed E-state index contributed by atoms with van der Waals surface area (Å²) >= 11 is 0. The highest BCUT2D eigenvalue weighted by Gasteiger charge is 2.25. The molecule has 6 nitrogen and oxygen atoms in total. The Morgan fingerprint density at radius 1 is 1.24 bits per heavy atom. The second-order valence-electron chi connectivity index (χ2n) is 4.90. The summed E-state index contributed by atoms with van der Waals surface area (Å²) in [6.45, 7) is 3.71. The average Bonchev–Trinajstić information content (AvgIpc) is 2.99. The maximum atomic E-state index is 12.3. The first-order valence-corrected chi connectivity index (χ1v) is 6.63. The van der Waals surface area contributed by atoms with Crippen LogP contribution >= 0.6 is 0 Å². The summed E-state index contributed by atoms with van der Waals surface area (Å²) in [6.07, 6.45) is 4.58. The summed E-state index contributed by atoms with van der Waals surface area (Å²) in [5, 5.41) is 5.40. The molecule has 0 bridgehead atoms. The lowest BCUT2D eigenvalue weighted by Gasteiger charge is -2.21. The van der Waals surface area contributed by atoms with Crippen molar-refractivity contribution in [3.63, 3.8) is 0 Å². The van der Waals surface area contributed by atoms with Crippen LogP contribution in [0, 0.1) is 5.92 Å². The van der Waals surface area contributed by atoms with Gasteiger partial charge in [-0.15, -0.1) is 0 Å². The SMILES string of the molecule is CC(C)[C@H](NC(=O)c1ccco1)C(=O)Nc1cccnc1. The lowest BCUT2D eigenvalue weighted by atomic mass is 10.0. The van der Waals surface area contributed by atoms with Gasteiger partial charge in [-0.2, -0.15) is 0 Å². The molecule has 0 aromatic carbocycles. The Hall–Kier alpha value is -2.63. The van der Waals surface area contributed by atoms with Crippen molar-refractivity contribution < 1.29 is 14.0 Å². The Kier molecular flexibility index (Phi) is 4.71. The second kappa shape index (κ2) is 6.69. The molecular formula is C15H17N3O3. The minimum atomic E-state index is -0.664. The number of pyridine rings is 1. The molecule has 0 radical (unpaired) electrons. The summed E-state index contributed by atoms with van der Waals surface area (Å²) in [5.74, 6) is -0.603. The highest BCUT2D eigenvalue weighted by atomic mass is 16.3. The molecule has 2 aromatic heterocycles. The topological polar surface area (TPSA) is 84.2 Å². The van der Waals surface area contributed by atoms with Gasteiger partial charge in [-0.25, -0.2) is 0 Å². The molecule has 0 fully saturated rings. The van der Waals surface area contributed by atoms with E-state index in [0.717, 1.165) is 0 Å². The van der Waals surface area contributed by atoms with Crippen molar-refractivity contribution in [3.8, 4) is 0 Å². The zero-order valence-corrected chi connectivity index (χ0v) is 11.9. The van der Waals surface area contributed by atoms with Crippen LogP contribution in [0.5, 0.6) is 0 Å². The van der Waals surface area contributed by atoms with Gasteiger partial charge < -0.3 is 15.1 Å². The predicted octanol–water partition coefficient (Wildman–Crippen LogP) is 2.07. The number of rotatable bonds is 5. The minimum absolute atomic E-state index is 0.0689. The number of amides is 2. The summed E-state index contributed by atoms with van der Waals surface area (Å²) in [5.41, 5.74) is 0.584. The zero-order valence-electron chi connectivity index (χ0n) is 11.9. The van der Waals surface area contributed by atoms with Crippen LogP contribution in [0.4, 0.5) is 5.69 Å². The third kappa shape index (κ3) is 3.92. The van der Waals surface area contributed by atoms with E-state index in [0.29, 0.717) is 5.69 Å². The molecule has 21 heavy (non-hydrogen) atoms. The van der Waals surface area contributed by atoms with Crippen LogP contribution < -0.4 is 10.6 Å². The second-order valence-corrected chi connectivity index (χ2v) is 4.90. The Morgan fingerprint density at radius 2 is 2.05 bits per heavy atom. The molecule has 2 rings (SSSR count). The number of nitrogens with zero attached hydrogens (tertiary/aromatic N) is 1. The van der Waals surface area contributed by atoms with Crippen molar-refractivity contribution in [1.82, 2.24) is 10.3 Å². The van der Waals surface area contributed by atoms with Gasteiger partial charge in [-0.05, 0) is 30.2 Å². The molecule has 0 saturated carbocycles. The average molecular weight is 287 g/mol. The number of carbonyl (C=O) groups excluding carboxylic acids is 2. The van der Waals surface area contributed by atoms with Gasteiger partial charge in [-0.1, -0.05) is 13.8 Å². The maximum absolute atomic E-state index is 12.3. The number of aromatic nitrogens is 1. The first kappa shape index (κ1) is 14.8. The maximum Gasteiger partial charge on any atom is 0.287 e. The number of hydrogen-bond donors (Lipinski definition) is 2. The summed E-state index contributed by atoms with van der Waals surface area (Å²) in [6, 6.07) is 5.96. The van der Waals surface area contributed by atoms with E-state index in [2.05, 4.69) is 15.6 Å². The molecule has 0 aliphatic carbocycles. The van der Waals surface area contributed by atoms with Crippen LogP contribution in [0.1, 0.15) is 24.4 Å². The molecule has 1 atom stereocenters. The van der Waals surface area contributed by atoms with Crippen LogP contribution in [0.25, 0.3) is 0 Å². The van der Waals surface area contributed by atoms with Crippen molar-refractivity contribution in [2.75, 3.05) is 5.32 Å². The highest BCUT2D eigenvalue weighted by molar-refractivity contribution is 6.00. The van der Waals surface area contributed by atoms with E-state index in [9.17, 15) is 9.59 Å². The smallest absolute Gasteiger partial charge is 0.287 e. The number of nitrogens with one attached hydrogen (secondary N) is 2. The van der Waals surface area contributed by atoms with E-state index in [4.69, 9.17) is 4.42 Å². The van der Waals surface area contributed by atoms with E-state index in [-0.39, 0.29) is 17.6 Å². The Morgan fingerprint density at radius 3 is 2.62 bits per heavy atom. The van der Waals surface area contributed by atoms with Crippen molar-refractivity contribution in [2.45, 2.75) is 19.9 Å². The van der Waals surface area contributed by atoms with E-state index >= 15 is 0 Å². The van der Waals surface area contributed by atoms with Crippen LogP contribution in [-0.2, 0) is 4.79 Å². The molecular weight excluding hydrogens is 270 g/mol. The molecule has 6 heteroatoms. The van der Waals surface area contributed by atoms with Crippen LogP contribution in [0.2, 0.25) is 0 Å². The molecule has 2 amide bonds. The third-order valence-electron chi connectivity index (χ3n) is 2.91. The standard InChI is InChI=1S/C15H17N3O3/c1-10(2)13(18-14(19)12-6-4-8-21-12)15(20)17-11-5-3-7-16-9-11/h3-10,13H,1-2H3,(H,17,20)(H,18,19)/t13-/m0/s1. The molecule has 0 saturated heterocycles. The van der Waals surface area contributed by atoms with Gasteiger partial charge >= 0.3 is 0 Å². The molecule has 110 valence electrons. The van der Waals surface area contributed by atoms with E-state index in [1.807, 2.05) is 13.8 Å². The van der Waals surface area contributed by atoms with Crippen LogP contribution in [0.15, 0.2) is 47.3 Å². The molecule has 0 aliphatic rings. The number of anilines is 1. The fourth-order valence-electron chi connectivity index (χ4n) is 1.81. The van der Waals surface area contributed by atoms with Crippen LogP contribution in [0.3, 0.4) is 0 Å². The summed E-state index contributed by atoms with van der Waals surface area (Å²) < 4.78 is 5.02. The number of furan rings is 1. The third-order valence-corrected chi connectivity index (χ3v) is 2.91. The monoisotopic (exact) mass is 287 g/mol. The normalized spacial score (nSPS) is 12.0. The van der Waals surface area contributed by atoms with Gasteiger partial charge in [0.2, 0.25) is 5.91 Å².